The van der Waals surface area contributed by atoms with Crippen molar-refractivity contribution >= 4 is 76.2 Å². The molecule has 11 aromatic rings. The second kappa shape index (κ2) is 10.4. The summed E-state index contributed by atoms with van der Waals surface area (Å²) in [6.45, 7) is 0. The molecule has 2 heterocycles. The van der Waals surface area contributed by atoms with E-state index in [4.69, 9.17) is 8.83 Å². The van der Waals surface area contributed by atoms with Crippen molar-refractivity contribution in [3.63, 3.8) is 0 Å². The Bertz CT molecular complexity index is 3080. The molecule has 9 aromatic carbocycles. The number of hydrogen-bond donors (Lipinski definition) is 0. The number of furan rings is 2. The third-order valence-corrected chi connectivity index (χ3v) is 10.4. The molecule has 11 rings (SSSR count). The lowest BCUT2D eigenvalue weighted by molar-refractivity contribution is 0.669. The molecular weight excluding hydrogens is 609 g/mol. The topological polar surface area (TPSA) is 26.3 Å². The third kappa shape index (κ3) is 4.03. The molecule has 0 N–H and O–H groups in total. The summed E-state index contributed by atoms with van der Waals surface area (Å²) in [5.74, 6) is 0. The minimum atomic E-state index is 0.905. The van der Waals surface area contributed by atoms with Gasteiger partial charge >= 0.3 is 0 Å². The SMILES string of the molecule is c1ccc2cc3c(cc2c1)oc1cc(-c2c4ccccc4c(-c4ccc(-c5ccc6oc7ccccc7c6c5)cc4)c4ccccc24)ccc13. The minimum absolute atomic E-state index is 0.905. The van der Waals surface area contributed by atoms with Crippen molar-refractivity contribution in [2.45, 2.75) is 0 Å². The van der Waals surface area contributed by atoms with Crippen LogP contribution in [0.3, 0.4) is 0 Å². The summed E-state index contributed by atoms with van der Waals surface area (Å²) in [4.78, 5) is 0. The number of hydrogen-bond acceptors (Lipinski definition) is 2. The normalized spacial score (nSPS) is 12.0. The van der Waals surface area contributed by atoms with Crippen LogP contribution >= 0.6 is 0 Å². The zero-order chi connectivity index (χ0) is 32.8. The van der Waals surface area contributed by atoms with Gasteiger partial charge in [-0.1, -0.05) is 127 Å². The lowest BCUT2D eigenvalue weighted by Gasteiger charge is -2.18. The molecule has 0 radical (unpaired) electrons. The molecule has 0 atom stereocenters. The minimum Gasteiger partial charge on any atom is -0.456 e. The van der Waals surface area contributed by atoms with Crippen LogP contribution in [0, 0.1) is 0 Å². The molecule has 2 heteroatoms. The molecule has 0 saturated heterocycles. The van der Waals surface area contributed by atoms with Crippen molar-refractivity contribution < 1.29 is 8.83 Å². The van der Waals surface area contributed by atoms with Crippen molar-refractivity contribution in [3.05, 3.63) is 170 Å². The highest BCUT2D eigenvalue weighted by molar-refractivity contribution is 6.22. The summed E-state index contributed by atoms with van der Waals surface area (Å²) in [6, 6.07) is 61.0. The van der Waals surface area contributed by atoms with Gasteiger partial charge < -0.3 is 8.83 Å². The average Bonchev–Trinajstić information content (AvgIpc) is 3.73. The first kappa shape index (κ1) is 27.3. The fourth-order valence-electron chi connectivity index (χ4n) is 8.10. The van der Waals surface area contributed by atoms with Crippen LogP contribution < -0.4 is 0 Å². The van der Waals surface area contributed by atoms with E-state index in [2.05, 4.69) is 158 Å². The summed E-state index contributed by atoms with van der Waals surface area (Å²) in [5.41, 5.74) is 10.8. The Hall–Kier alpha value is -6.64. The number of rotatable bonds is 3. The standard InChI is InChI=1S/C48H28O2/c1-2-10-32-27-46-42(25-31(32)9-1)36-23-21-34(28-45(36)50-46)48-39-14-5-3-12-37(39)47(38-13-4-6-15-40(38)48)30-19-17-29(18-20-30)33-22-24-44-41(26-33)35-11-7-8-16-43(35)49-44/h1-28H. The maximum Gasteiger partial charge on any atom is 0.136 e. The fourth-order valence-corrected chi connectivity index (χ4v) is 8.10. The first-order chi connectivity index (χ1) is 24.8. The van der Waals surface area contributed by atoms with E-state index < -0.39 is 0 Å². The Morgan fingerprint density at radius 1 is 0.240 bits per heavy atom. The summed E-state index contributed by atoms with van der Waals surface area (Å²) in [6.07, 6.45) is 0. The zero-order valence-electron chi connectivity index (χ0n) is 27.0. The highest BCUT2D eigenvalue weighted by Gasteiger charge is 2.18. The predicted molar refractivity (Wildman–Crippen MR) is 210 cm³/mol. The van der Waals surface area contributed by atoms with Crippen molar-refractivity contribution in [2.24, 2.45) is 0 Å². The molecule has 0 saturated carbocycles. The van der Waals surface area contributed by atoms with Crippen LogP contribution in [0.1, 0.15) is 0 Å². The van der Waals surface area contributed by atoms with Gasteiger partial charge in [-0.2, -0.15) is 0 Å². The summed E-state index contributed by atoms with van der Waals surface area (Å²) in [5, 5.41) is 11.9. The maximum atomic E-state index is 6.52. The fraction of sp³-hybridized carbons (Fsp3) is 0. The van der Waals surface area contributed by atoms with Gasteiger partial charge in [0.05, 0.1) is 0 Å². The Morgan fingerprint density at radius 3 is 1.42 bits per heavy atom. The lowest BCUT2D eigenvalue weighted by Crippen LogP contribution is -1.91. The molecule has 2 aromatic heterocycles. The van der Waals surface area contributed by atoms with Gasteiger partial charge in [0.15, 0.2) is 0 Å². The molecule has 232 valence electrons. The van der Waals surface area contributed by atoms with Gasteiger partial charge in [0, 0.05) is 21.5 Å². The molecule has 0 aliphatic heterocycles. The van der Waals surface area contributed by atoms with E-state index >= 15 is 0 Å². The van der Waals surface area contributed by atoms with Crippen LogP contribution in [0.5, 0.6) is 0 Å². The molecule has 0 unspecified atom stereocenters. The third-order valence-electron chi connectivity index (χ3n) is 10.4. The van der Waals surface area contributed by atoms with Crippen molar-refractivity contribution in [3.8, 4) is 33.4 Å². The van der Waals surface area contributed by atoms with Crippen molar-refractivity contribution in [1.29, 1.82) is 0 Å². The van der Waals surface area contributed by atoms with Gasteiger partial charge in [0.1, 0.15) is 22.3 Å². The summed E-state index contributed by atoms with van der Waals surface area (Å²) >= 11 is 0. The van der Waals surface area contributed by atoms with E-state index in [1.54, 1.807) is 0 Å². The highest BCUT2D eigenvalue weighted by Crippen LogP contribution is 2.45. The van der Waals surface area contributed by atoms with Crippen LogP contribution in [0.25, 0.3) is 110 Å². The van der Waals surface area contributed by atoms with Crippen LogP contribution in [-0.2, 0) is 0 Å². The molecule has 50 heavy (non-hydrogen) atoms. The largest absolute Gasteiger partial charge is 0.456 e. The number of fused-ring (bicyclic) bond motifs is 9. The van der Waals surface area contributed by atoms with Gasteiger partial charge in [-0.05, 0) is 108 Å². The average molecular weight is 637 g/mol. The smallest absolute Gasteiger partial charge is 0.136 e. The quantitative estimate of drug-likeness (QED) is 0.180. The highest BCUT2D eigenvalue weighted by atomic mass is 16.3. The Kier molecular flexibility index (Phi) is 5.70. The number of para-hydroxylation sites is 1. The van der Waals surface area contributed by atoms with Crippen LogP contribution in [-0.4, -0.2) is 0 Å². The summed E-state index contributed by atoms with van der Waals surface area (Å²) < 4.78 is 12.6. The molecule has 0 fully saturated rings. The monoisotopic (exact) mass is 636 g/mol. The van der Waals surface area contributed by atoms with Gasteiger partial charge in [0.2, 0.25) is 0 Å². The van der Waals surface area contributed by atoms with Crippen LogP contribution in [0.2, 0.25) is 0 Å². The maximum absolute atomic E-state index is 6.52. The van der Waals surface area contributed by atoms with E-state index in [1.165, 1.54) is 60.1 Å². The first-order valence-electron chi connectivity index (χ1n) is 17.1. The summed E-state index contributed by atoms with van der Waals surface area (Å²) in [7, 11) is 0. The van der Waals surface area contributed by atoms with E-state index in [9.17, 15) is 0 Å². The Balaban J connectivity index is 1.07. The Labute approximate surface area is 287 Å². The molecule has 0 aliphatic carbocycles. The molecule has 2 nitrogen and oxygen atoms in total. The number of benzene rings is 9. The van der Waals surface area contributed by atoms with Gasteiger partial charge in [-0.3, -0.25) is 0 Å². The molecule has 0 bridgehead atoms. The molecular formula is C48H28O2. The first-order valence-corrected chi connectivity index (χ1v) is 17.1. The van der Waals surface area contributed by atoms with E-state index in [0.29, 0.717) is 0 Å². The van der Waals surface area contributed by atoms with Crippen LogP contribution in [0.15, 0.2) is 179 Å². The predicted octanol–water partition coefficient (Wildman–Crippen LogP) is 13.9. The second-order valence-electron chi connectivity index (χ2n) is 13.2. The Morgan fingerprint density at radius 2 is 0.700 bits per heavy atom. The van der Waals surface area contributed by atoms with E-state index in [-0.39, 0.29) is 0 Å². The molecule has 0 aliphatic rings. The van der Waals surface area contributed by atoms with E-state index in [0.717, 1.165) is 49.4 Å². The lowest BCUT2D eigenvalue weighted by atomic mass is 9.85. The van der Waals surface area contributed by atoms with Crippen molar-refractivity contribution in [1.82, 2.24) is 0 Å². The van der Waals surface area contributed by atoms with Gasteiger partial charge in [-0.15, -0.1) is 0 Å². The van der Waals surface area contributed by atoms with Crippen molar-refractivity contribution in [2.75, 3.05) is 0 Å². The van der Waals surface area contributed by atoms with Gasteiger partial charge in [0.25, 0.3) is 0 Å². The zero-order valence-corrected chi connectivity index (χ0v) is 27.0. The van der Waals surface area contributed by atoms with Gasteiger partial charge in [-0.25, -0.2) is 0 Å². The molecule has 0 amide bonds. The van der Waals surface area contributed by atoms with Crippen LogP contribution in [0.4, 0.5) is 0 Å². The molecule has 0 spiro atoms. The van der Waals surface area contributed by atoms with E-state index in [1.807, 2.05) is 12.1 Å². The second-order valence-corrected chi connectivity index (χ2v) is 13.2.